The van der Waals surface area contributed by atoms with Gasteiger partial charge >= 0.3 is 6.09 Å². The topological polar surface area (TPSA) is 126 Å². The predicted molar refractivity (Wildman–Crippen MR) is 150 cm³/mol. The maximum Gasteiger partial charge on any atom is 0.410 e. The third-order valence-corrected chi connectivity index (χ3v) is 6.91. The molecule has 210 valence electrons. The zero-order valence-corrected chi connectivity index (χ0v) is 22.2. The fraction of sp³-hybridized carbons (Fsp3) is 0.241. The van der Waals surface area contributed by atoms with Crippen molar-refractivity contribution >= 4 is 28.6 Å². The molecule has 0 saturated carbocycles. The van der Waals surface area contributed by atoms with Gasteiger partial charge in [0, 0.05) is 30.6 Å². The van der Waals surface area contributed by atoms with Crippen LogP contribution >= 0.6 is 0 Å². The highest BCUT2D eigenvalue weighted by molar-refractivity contribution is 5.93. The lowest BCUT2D eigenvalue weighted by molar-refractivity contribution is 0.0908. The van der Waals surface area contributed by atoms with Gasteiger partial charge in [-0.3, -0.25) is 5.32 Å². The van der Waals surface area contributed by atoms with Crippen molar-refractivity contribution in [1.82, 2.24) is 29.8 Å². The van der Waals surface area contributed by atoms with Crippen LogP contribution in [0.1, 0.15) is 5.56 Å². The van der Waals surface area contributed by atoms with Crippen molar-refractivity contribution in [3.05, 3.63) is 84.2 Å². The number of methoxy groups -OCH3 is 1. The van der Waals surface area contributed by atoms with Crippen LogP contribution in [0, 0.1) is 5.82 Å². The molecule has 6 rings (SSSR count). The quantitative estimate of drug-likeness (QED) is 0.288. The van der Waals surface area contributed by atoms with Gasteiger partial charge in [-0.05, 0) is 42.0 Å². The Bertz CT molecular complexity index is 1680. The summed E-state index contributed by atoms with van der Waals surface area (Å²) in [7, 11) is 1.59. The van der Waals surface area contributed by atoms with E-state index < -0.39 is 24.2 Å². The SMILES string of the molecule is COc1ccc(-c2nc3c4cccc(F)c4nc(N[C@@H]4CN(C(=O)OCc5ccccc5)CCNC4O)n3n2)cc1. The Kier molecular flexibility index (Phi) is 7.32. The number of aliphatic hydroxyl groups is 1. The number of benzene rings is 3. The number of amides is 1. The van der Waals surface area contributed by atoms with Crippen LogP contribution in [-0.4, -0.2) is 74.7 Å². The van der Waals surface area contributed by atoms with Crippen LogP contribution in [-0.2, 0) is 11.3 Å². The molecule has 41 heavy (non-hydrogen) atoms. The number of para-hydroxylation sites is 1. The van der Waals surface area contributed by atoms with Crippen molar-refractivity contribution < 1.29 is 23.8 Å². The highest BCUT2D eigenvalue weighted by Crippen LogP contribution is 2.27. The Hall–Kier alpha value is -4.81. The predicted octanol–water partition coefficient (Wildman–Crippen LogP) is 3.43. The normalized spacial score (nSPS) is 17.4. The number of halogens is 1. The molecule has 0 radical (unpaired) electrons. The van der Waals surface area contributed by atoms with Gasteiger partial charge in [0.05, 0.1) is 13.2 Å². The van der Waals surface area contributed by atoms with E-state index >= 15 is 0 Å². The van der Waals surface area contributed by atoms with Crippen LogP contribution in [0.25, 0.3) is 27.9 Å². The highest BCUT2D eigenvalue weighted by Gasteiger charge is 2.30. The number of aromatic nitrogens is 4. The lowest BCUT2D eigenvalue weighted by Gasteiger charge is -2.26. The van der Waals surface area contributed by atoms with Crippen LogP contribution in [0.4, 0.5) is 15.1 Å². The van der Waals surface area contributed by atoms with Crippen molar-refractivity contribution in [2.45, 2.75) is 18.9 Å². The number of carbonyl (C=O) groups excluding carboxylic acids is 1. The maximum atomic E-state index is 14.9. The molecule has 3 heterocycles. The van der Waals surface area contributed by atoms with Crippen LogP contribution in [0.3, 0.4) is 0 Å². The number of aliphatic hydroxyl groups excluding tert-OH is 1. The molecule has 1 aliphatic rings. The van der Waals surface area contributed by atoms with E-state index in [-0.39, 0.29) is 24.6 Å². The molecule has 2 atom stereocenters. The Morgan fingerprint density at radius 2 is 1.90 bits per heavy atom. The smallest absolute Gasteiger partial charge is 0.410 e. The average Bonchev–Trinajstić information content (AvgIpc) is 3.38. The van der Waals surface area contributed by atoms with E-state index in [4.69, 9.17) is 14.5 Å². The fourth-order valence-corrected chi connectivity index (χ4v) is 4.74. The molecule has 11 nitrogen and oxygen atoms in total. The molecule has 1 unspecified atom stereocenters. The highest BCUT2D eigenvalue weighted by atomic mass is 19.1. The lowest BCUT2D eigenvalue weighted by atomic mass is 10.2. The van der Waals surface area contributed by atoms with Gasteiger partial charge in [-0.2, -0.15) is 4.52 Å². The second kappa shape index (κ2) is 11.4. The molecule has 0 bridgehead atoms. The molecule has 3 N–H and O–H groups in total. The first-order chi connectivity index (χ1) is 20.0. The minimum Gasteiger partial charge on any atom is -0.497 e. The molecule has 2 aromatic heterocycles. The van der Waals surface area contributed by atoms with Gasteiger partial charge in [0.15, 0.2) is 11.5 Å². The maximum absolute atomic E-state index is 14.9. The molecule has 1 aliphatic heterocycles. The Balaban J connectivity index is 1.32. The second-order valence-electron chi connectivity index (χ2n) is 9.61. The minimum absolute atomic E-state index is 0.0975. The van der Waals surface area contributed by atoms with E-state index in [1.54, 1.807) is 31.4 Å². The summed E-state index contributed by atoms with van der Waals surface area (Å²) in [5.41, 5.74) is 2.09. The zero-order valence-electron chi connectivity index (χ0n) is 22.2. The number of nitrogens with zero attached hydrogens (tertiary/aromatic N) is 5. The number of ether oxygens (including phenoxy) is 2. The largest absolute Gasteiger partial charge is 0.497 e. The molecule has 1 amide bonds. The van der Waals surface area contributed by atoms with E-state index in [2.05, 4.69) is 20.7 Å². The van der Waals surface area contributed by atoms with Crippen molar-refractivity contribution in [1.29, 1.82) is 0 Å². The van der Waals surface area contributed by atoms with Gasteiger partial charge in [-0.15, -0.1) is 5.10 Å². The molecule has 3 aromatic carbocycles. The van der Waals surface area contributed by atoms with Crippen molar-refractivity contribution in [2.75, 3.05) is 32.1 Å². The molecular weight excluding hydrogens is 529 g/mol. The first-order valence-corrected chi connectivity index (χ1v) is 13.1. The summed E-state index contributed by atoms with van der Waals surface area (Å²) in [6.07, 6.45) is -1.55. The van der Waals surface area contributed by atoms with E-state index in [1.165, 1.54) is 15.5 Å². The zero-order chi connectivity index (χ0) is 28.3. The number of nitrogens with one attached hydrogen (secondary N) is 2. The number of carbonyl (C=O) groups is 1. The average molecular weight is 558 g/mol. The summed E-state index contributed by atoms with van der Waals surface area (Å²) in [4.78, 5) is 23.7. The van der Waals surface area contributed by atoms with Gasteiger partial charge in [0.1, 0.15) is 29.9 Å². The lowest BCUT2D eigenvalue weighted by Crippen LogP contribution is -2.47. The number of rotatable bonds is 6. The summed E-state index contributed by atoms with van der Waals surface area (Å²) in [5, 5.41) is 22.2. The van der Waals surface area contributed by atoms with Gasteiger partial charge in [-0.1, -0.05) is 36.4 Å². The summed E-state index contributed by atoms with van der Waals surface area (Å²) in [6, 6.07) is 20.6. The van der Waals surface area contributed by atoms with Crippen LogP contribution < -0.4 is 15.4 Å². The number of anilines is 1. The van der Waals surface area contributed by atoms with Crippen LogP contribution in [0.2, 0.25) is 0 Å². The standard InChI is InChI=1S/C29H28FN7O4/c1-40-20-12-10-19(11-13-20)25-34-26-21-8-5-9-22(30)24(21)33-28(37(26)35-25)32-23-16-36(15-14-31-27(23)38)29(39)41-17-18-6-3-2-4-7-18/h2-13,23,27,31,38H,14-17H2,1H3,(H,32,33)/t23-,27?/m1/s1. The summed E-state index contributed by atoms with van der Waals surface area (Å²) in [6.45, 7) is 0.896. The second-order valence-corrected chi connectivity index (χ2v) is 9.61. The Morgan fingerprint density at radius 3 is 2.68 bits per heavy atom. The fourth-order valence-electron chi connectivity index (χ4n) is 4.74. The van der Waals surface area contributed by atoms with Gasteiger partial charge in [0.25, 0.3) is 0 Å². The number of fused-ring (bicyclic) bond motifs is 3. The Labute approximate surface area is 234 Å². The summed E-state index contributed by atoms with van der Waals surface area (Å²) in [5.74, 6) is 0.735. The van der Waals surface area contributed by atoms with Crippen LogP contribution in [0.15, 0.2) is 72.8 Å². The molecule has 5 aromatic rings. The first-order valence-electron chi connectivity index (χ1n) is 13.1. The van der Waals surface area contributed by atoms with E-state index in [1.807, 2.05) is 42.5 Å². The molecule has 0 spiro atoms. The molecular formula is C29H28FN7O4. The number of hydrogen-bond donors (Lipinski definition) is 3. The molecule has 0 aliphatic carbocycles. The van der Waals surface area contributed by atoms with Gasteiger partial charge < -0.3 is 24.8 Å². The van der Waals surface area contributed by atoms with E-state index in [9.17, 15) is 14.3 Å². The van der Waals surface area contributed by atoms with Gasteiger partial charge in [0.2, 0.25) is 5.95 Å². The minimum atomic E-state index is -1.04. The summed E-state index contributed by atoms with van der Waals surface area (Å²) < 4.78 is 27.2. The van der Waals surface area contributed by atoms with Crippen molar-refractivity contribution in [3.8, 4) is 17.1 Å². The van der Waals surface area contributed by atoms with Crippen molar-refractivity contribution in [2.24, 2.45) is 0 Å². The van der Waals surface area contributed by atoms with Gasteiger partial charge in [-0.25, -0.2) is 19.2 Å². The third kappa shape index (κ3) is 5.47. The summed E-state index contributed by atoms with van der Waals surface area (Å²) >= 11 is 0. The van der Waals surface area contributed by atoms with Crippen molar-refractivity contribution in [3.63, 3.8) is 0 Å². The van der Waals surface area contributed by atoms with E-state index in [0.717, 1.165) is 11.1 Å². The third-order valence-electron chi connectivity index (χ3n) is 6.91. The number of hydrogen-bond acceptors (Lipinski definition) is 9. The first kappa shape index (κ1) is 26.4. The Morgan fingerprint density at radius 1 is 1.10 bits per heavy atom. The molecule has 12 heteroatoms. The monoisotopic (exact) mass is 557 g/mol. The molecule has 1 saturated heterocycles. The van der Waals surface area contributed by atoms with Crippen LogP contribution in [0.5, 0.6) is 5.75 Å². The van der Waals surface area contributed by atoms with E-state index in [0.29, 0.717) is 35.7 Å². The molecule has 1 fully saturated rings.